The smallest absolute Gasteiger partial charge is 0.244 e. The third kappa shape index (κ3) is 4.81. The molecule has 0 fully saturated rings. The van der Waals surface area contributed by atoms with E-state index in [2.05, 4.69) is 25.4 Å². The van der Waals surface area contributed by atoms with E-state index in [1.807, 2.05) is 0 Å². The van der Waals surface area contributed by atoms with E-state index in [-0.39, 0.29) is 28.6 Å². The molecule has 0 amide bonds. The third-order valence-electron chi connectivity index (χ3n) is 2.55. The summed E-state index contributed by atoms with van der Waals surface area (Å²) < 4.78 is 56.6. The molecule has 0 radical (unpaired) electrons. The normalized spacial score (nSPS) is 12.3. The number of halogens is 1. The molecule has 0 aliphatic carbocycles. The molecule has 120 valence electrons. The monoisotopic (exact) mass is 401 g/mol. The highest BCUT2D eigenvalue weighted by Gasteiger charge is 2.21. The molecule has 0 atom stereocenters. The minimum atomic E-state index is -3.94. The Hall–Kier alpha value is -0.880. The first kappa shape index (κ1) is 18.2. The summed E-state index contributed by atoms with van der Waals surface area (Å²) in [6.45, 7) is -0.273. The van der Waals surface area contributed by atoms with Gasteiger partial charge in [-0.25, -0.2) is 26.3 Å². The third-order valence-corrected chi connectivity index (χ3v) is 6.08. The Labute approximate surface area is 132 Å². The molecule has 0 bridgehead atoms. The van der Waals surface area contributed by atoms with Crippen molar-refractivity contribution < 1.29 is 21.6 Å². The second kappa shape index (κ2) is 6.92. The lowest BCUT2D eigenvalue weighted by molar-refractivity contribution is 0.402. The maximum absolute atomic E-state index is 12.2. The van der Waals surface area contributed by atoms with Gasteiger partial charge in [0.1, 0.15) is 10.6 Å². The molecule has 0 heterocycles. The Morgan fingerprint density at radius 2 is 1.90 bits per heavy atom. The van der Waals surface area contributed by atoms with Crippen molar-refractivity contribution in [1.82, 2.24) is 9.44 Å². The summed E-state index contributed by atoms with van der Waals surface area (Å²) in [4.78, 5) is -0.160. The fourth-order valence-electron chi connectivity index (χ4n) is 1.41. The molecule has 1 rings (SSSR count). The molecule has 0 aromatic heterocycles. The van der Waals surface area contributed by atoms with E-state index in [1.165, 1.54) is 26.3 Å². The number of anilines is 1. The topological polar surface area (TPSA) is 128 Å². The number of rotatable bonds is 7. The molecule has 0 unspecified atom stereocenters. The molecule has 8 nitrogen and oxygen atoms in total. The van der Waals surface area contributed by atoms with Crippen LogP contribution in [-0.2, 0) is 20.0 Å². The molecule has 4 N–H and O–H groups in total. The minimum absolute atomic E-state index is 0.0973. The van der Waals surface area contributed by atoms with Crippen LogP contribution in [0.1, 0.15) is 0 Å². The zero-order valence-electron chi connectivity index (χ0n) is 11.4. The van der Waals surface area contributed by atoms with Gasteiger partial charge in [0, 0.05) is 16.7 Å². The Kier molecular flexibility index (Phi) is 5.99. The average molecular weight is 402 g/mol. The van der Waals surface area contributed by atoms with Crippen LogP contribution >= 0.6 is 15.9 Å². The van der Waals surface area contributed by atoms with Crippen molar-refractivity contribution in [3.05, 3.63) is 16.6 Å². The van der Waals surface area contributed by atoms with Crippen molar-refractivity contribution in [3.8, 4) is 5.75 Å². The summed E-state index contributed by atoms with van der Waals surface area (Å²) in [6, 6.07) is 2.66. The Morgan fingerprint density at radius 3 is 2.43 bits per heavy atom. The number of benzene rings is 1. The number of methoxy groups -OCH3 is 1. The first-order chi connectivity index (χ1) is 9.63. The molecule has 1 aromatic rings. The fraction of sp³-hybridized carbons (Fsp3) is 0.400. The van der Waals surface area contributed by atoms with Crippen LogP contribution in [0.4, 0.5) is 5.69 Å². The highest BCUT2D eigenvalue weighted by molar-refractivity contribution is 9.10. The van der Waals surface area contributed by atoms with Gasteiger partial charge in [0.05, 0.1) is 12.9 Å². The van der Waals surface area contributed by atoms with Crippen molar-refractivity contribution >= 4 is 41.7 Å². The van der Waals surface area contributed by atoms with Gasteiger partial charge in [0.2, 0.25) is 20.0 Å². The van der Waals surface area contributed by atoms with E-state index >= 15 is 0 Å². The highest BCUT2D eigenvalue weighted by Crippen LogP contribution is 2.32. The minimum Gasteiger partial charge on any atom is -0.495 e. The lowest BCUT2D eigenvalue weighted by Crippen LogP contribution is -2.33. The maximum Gasteiger partial charge on any atom is 0.244 e. The zero-order valence-corrected chi connectivity index (χ0v) is 14.6. The van der Waals surface area contributed by atoms with Crippen molar-refractivity contribution in [3.63, 3.8) is 0 Å². The SMILES string of the molecule is CNS(=O)(=O)CCNS(=O)(=O)c1cc(N)c(Br)cc1OC. The van der Waals surface area contributed by atoms with E-state index in [1.54, 1.807) is 0 Å². The van der Waals surface area contributed by atoms with E-state index < -0.39 is 20.0 Å². The summed E-state index contributed by atoms with van der Waals surface area (Å²) in [5, 5.41) is 0. The van der Waals surface area contributed by atoms with Crippen molar-refractivity contribution in [1.29, 1.82) is 0 Å². The summed E-state index contributed by atoms with van der Waals surface area (Å²) in [5.74, 6) is -0.281. The predicted molar refractivity (Wildman–Crippen MR) is 83.1 cm³/mol. The summed E-state index contributed by atoms with van der Waals surface area (Å²) in [7, 11) is -4.86. The average Bonchev–Trinajstić information content (AvgIpc) is 2.40. The maximum atomic E-state index is 12.2. The first-order valence-electron chi connectivity index (χ1n) is 5.67. The van der Waals surface area contributed by atoms with Crippen LogP contribution in [0, 0.1) is 0 Å². The molecule has 1 aromatic carbocycles. The fourth-order valence-corrected chi connectivity index (χ4v) is 3.65. The van der Waals surface area contributed by atoms with Crippen LogP contribution < -0.4 is 19.9 Å². The number of nitrogens with two attached hydrogens (primary N) is 1. The second-order valence-corrected chi connectivity index (χ2v) is 8.58. The van der Waals surface area contributed by atoms with E-state index in [0.717, 1.165) is 0 Å². The molecular weight excluding hydrogens is 386 g/mol. The number of sulfonamides is 2. The summed E-state index contributed by atoms with van der Waals surface area (Å²) in [6.07, 6.45) is 0. The van der Waals surface area contributed by atoms with Crippen LogP contribution in [0.15, 0.2) is 21.5 Å². The molecule has 11 heteroatoms. The van der Waals surface area contributed by atoms with Gasteiger partial charge in [-0.05, 0) is 35.1 Å². The van der Waals surface area contributed by atoms with Gasteiger partial charge >= 0.3 is 0 Å². The van der Waals surface area contributed by atoms with E-state index in [9.17, 15) is 16.8 Å². The number of nitrogen functional groups attached to an aromatic ring is 1. The lowest BCUT2D eigenvalue weighted by atomic mass is 10.3. The Bertz CT molecular complexity index is 718. The van der Waals surface area contributed by atoms with E-state index in [4.69, 9.17) is 10.5 Å². The highest BCUT2D eigenvalue weighted by atomic mass is 79.9. The quantitative estimate of drug-likeness (QED) is 0.545. The molecule has 0 spiro atoms. The molecule has 0 saturated carbocycles. The second-order valence-electron chi connectivity index (χ2n) is 3.95. The Morgan fingerprint density at radius 1 is 1.29 bits per heavy atom. The standard InChI is InChI=1S/C10H16BrN3O5S2/c1-13-20(15,16)4-3-14-21(17,18)10-6-8(12)7(11)5-9(10)19-2/h5-6,13-14H,3-4,12H2,1-2H3. The van der Waals surface area contributed by atoms with Crippen LogP contribution in [-0.4, -0.2) is 43.3 Å². The van der Waals surface area contributed by atoms with Gasteiger partial charge in [0.25, 0.3) is 0 Å². The molecule has 0 aliphatic heterocycles. The van der Waals surface area contributed by atoms with Crippen LogP contribution in [0.25, 0.3) is 0 Å². The lowest BCUT2D eigenvalue weighted by Gasteiger charge is -2.12. The number of ether oxygens (including phenoxy) is 1. The number of hydrogen-bond acceptors (Lipinski definition) is 6. The molecular formula is C10H16BrN3O5S2. The van der Waals surface area contributed by atoms with Gasteiger partial charge < -0.3 is 10.5 Å². The van der Waals surface area contributed by atoms with Crippen LogP contribution in [0.5, 0.6) is 5.75 Å². The van der Waals surface area contributed by atoms with Crippen molar-refractivity contribution in [2.24, 2.45) is 0 Å². The van der Waals surface area contributed by atoms with Gasteiger partial charge in [0.15, 0.2) is 0 Å². The first-order valence-corrected chi connectivity index (χ1v) is 9.59. The largest absolute Gasteiger partial charge is 0.495 e. The number of nitrogens with one attached hydrogen (secondary N) is 2. The van der Waals surface area contributed by atoms with Gasteiger partial charge in [-0.1, -0.05) is 0 Å². The van der Waals surface area contributed by atoms with Crippen LogP contribution in [0.2, 0.25) is 0 Å². The Balaban J connectivity index is 3.01. The van der Waals surface area contributed by atoms with Gasteiger partial charge in [-0.2, -0.15) is 0 Å². The van der Waals surface area contributed by atoms with E-state index in [0.29, 0.717) is 4.47 Å². The van der Waals surface area contributed by atoms with Gasteiger partial charge in [-0.15, -0.1) is 0 Å². The zero-order chi connectivity index (χ0) is 16.3. The molecule has 21 heavy (non-hydrogen) atoms. The summed E-state index contributed by atoms with van der Waals surface area (Å²) >= 11 is 3.17. The van der Waals surface area contributed by atoms with Gasteiger partial charge in [-0.3, -0.25) is 0 Å². The van der Waals surface area contributed by atoms with Crippen molar-refractivity contribution in [2.45, 2.75) is 4.90 Å². The molecule has 0 aliphatic rings. The van der Waals surface area contributed by atoms with Crippen LogP contribution in [0.3, 0.4) is 0 Å². The predicted octanol–water partition coefficient (Wildman–Crippen LogP) is -0.133. The summed E-state index contributed by atoms with van der Waals surface area (Å²) in [5.41, 5.74) is 5.88. The molecule has 0 saturated heterocycles. The van der Waals surface area contributed by atoms with Crippen molar-refractivity contribution in [2.75, 3.05) is 32.2 Å². The number of hydrogen-bond donors (Lipinski definition) is 3.